The lowest BCUT2D eigenvalue weighted by Gasteiger charge is -2.23. The summed E-state index contributed by atoms with van der Waals surface area (Å²) in [6, 6.07) is 51.6. The topological polar surface area (TPSA) is 20.7 Å². The Balaban J connectivity index is 1.12. The van der Waals surface area contributed by atoms with E-state index in [0.29, 0.717) is 0 Å². The molecule has 0 saturated heterocycles. The first-order valence-electron chi connectivity index (χ1n) is 15.8. The summed E-state index contributed by atoms with van der Waals surface area (Å²) in [5.41, 5.74) is 13.9. The molecule has 1 aliphatic rings. The molecule has 0 unspecified atom stereocenters. The minimum Gasteiger partial charge on any atom is -0.354 e. The minimum absolute atomic E-state index is 0.128. The summed E-state index contributed by atoms with van der Waals surface area (Å²) in [5, 5.41) is 7.73. The molecule has 7 aromatic carbocycles. The Morgan fingerprint density at radius 2 is 1.09 bits per heavy atom. The Morgan fingerprint density at radius 1 is 0.489 bits per heavy atom. The molecule has 0 atom stereocenters. The second-order valence-electron chi connectivity index (χ2n) is 13.1. The van der Waals surface area contributed by atoms with Crippen molar-refractivity contribution in [2.75, 3.05) is 0 Å². The highest BCUT2D eigenvalue weighted by atomic mass is 15.0. The number of fused-ring (bicyclic) bond motifs is 11. The first-order valence-corrected chi connectivity index (χ1v) is 15.8. The highest BCUT2D eigenvalue weighted by Gasteiger charge is 2.36. The molecule has 0 spiro atoms. The van der Waals surface area contributed by atoms with E-state index >= 15 is 0 Å². The first kappa shape index (κ1) is 24.8. The maximum atomic E-state index is 3.65. The van der Waals surface area contributed by atoms with E-state index in [1.54, 1.807) is 0 Å². The fourth-order valence-electron chi connectivity index (χ4n) is 8.10. The van der Waals surface area contributed by atoms with Crippen LogP contribution in [0.25, 0.3) is 82.3 Å². The van der Waals surface area contributed by atoms with Crippen molar-refractivity contribution in [1.29, 1.82) is 0 Å². The summed E-state index contributed by atoms with van der Waals surface area (Å²) in [6.45, 7) is 4.76. The number of nitrogens with zero attached hydrogens (tertiary/aromatic N) is 1. The summed E-state index contributed by atoms with van der Waals surface area (Å²) in [4.78, 5) is 3.65. The smallest absolute Gasteiger partial charge is 0.0541 e. The summed E-state index contributed by atoms with van der Waals surface area (Å²) in [7, 11) is 0. The van der Waals surface area contributed by atoms with E-state index in [1.807, 2.05) is 0 Å². The second-order valence-corrected chi connectivity index (χ2v) is 13.1. The first-order chi connectivity index (χ1) is 22.1. The molecule has 10 rings (SSSR count). The van der Waals surface area contributed by atoms with Crippen molar-refractivity contribution in [2.24, 2.45) is 0 Å². The number of para-hydroxylation sites is 2. The molecule has 2 aromatic heterocycles. The zero-order chi connectivity index (χ0) is 29.9. The van der Waals surface area contributed by atoms with Gasteiger partial charge in [-0.3, -0.25) is 0 Å². The van der Waals surface area contributed by atoms with Crippen LogP contribution in [0.2, 0.25) is 0 Å². The van der Waals surface area contributed by atoms with Crippen LogP contribution in [0.4, 0.5) is 0 Å². The number of benzene rings is 7. The highest BCUT2D eigenvalue weighted by Crippen LogP contribution is 2.51. The molecule has 2 heteroatoms. The van der Waals surface area contributed by atoms with Crippen molar-refractivity contribution in [3.8, 4) is 27.9 Å². The molecule has 212 valence electrons. The van der Waals surface area contributed by atoms with Gasteiger partial charge >= 0.3 is 0 Å². The second kappa shape index (κ2) is 8.74. The lowest BCUT2D eigenvalue weighted by atomic mass is 9.81. The Labute approximate surface area is 261 Å². The summed E-state index contributed by atoms with van der Waals surface area (Å²) in [5.74, 6) is 0. The lowest BCUT2D eigenvalue weighted by Crippen LogP contribution is -2.15. The molecule has 0 saturated carbocycles. The summed E-state index contributed by atoms with van der Waals surface area (Å²) >= 11 is 0. The molecule has 9 aromatic rings. The van der Waals surface area contributed by atoms with Crippen molar-refractivity contribution < 1.29 is 0 Å². The molecular formula is C43H30N2. The van der Waals surface area contributed by atoms with Crippen LogP contribution in [-0.2, 0) is 5.41 Å². The third kappa shape index (κ3) is 3.34. The van der Waals surface area contributed by atoms with Crippen LogP contribution in [-0.4, -0.2) is 9.55 Å². The Morgan fingerprint density at radius 3 is 1.87 bits per heavy atom. The van der Waals surface area contributed by atoms with Gasteiger partial charge in [-0.05, 0) is 92.7 Å². The van der Waals surface area contributed by atoms with Gasteiger partial charge in [0.1, 0.15) is 0 Å². The fourth-order valence-corrected chi connectivity index (χ4v) is 8.10. The predicted molar refractivity (Wildman–Crippen MR) is 191 cm³/mol. The third-order valence-electron chi connectivity index (χ3n) is 10.3. The quantitative estimate of drug-likeness (QED) is 0.212. The van der Waals surface area contributed by atoms with Crippen LogP contribution < -0.4 is 0 Å². The molecule has 0 bridgehead atoms. The molecule has 0 amide bonds. The van der Waals surface area contributed by atoms with Gasteiger partial charge in [-0.15, -0.1) is 0 Å². The van der Waals surface area contributed by atoms with Gasteiger partial charge in [-0.25, -0.2) is 0 Å². The monoisotopic (exact) mass is 574 g/mol. The van der Waals surface area contributed by atoms with Gasteiger partial charge in [0.05, 0.1) is 11.0 Å². The number of aromatic amines is 1. The number of H-pyrrole nitrogens is 1. The van der Waals surface area contributed by atoms with Gasteiger partial charge in [-0.1, -0.05) is 105 Å². The van der Waals surface area contributed by atoms with Crippen LogP contribution >= 0.6 is 0 Å². The van der Waals surface area contributed by atoms with Crippen molar-refractivity contribution in [1.82, 2.24) is 9.55 Å². The average Bonchev–Trinajstić information content (AvgIpc) is 3.70. The normalized spacial score (nSPS) is 13.7. The zero-order valence-electron chi connectivity index (χ0n) is 25.2. The van der Waals surface area contributed by atoms with Crippen LogP contribution in [0.15, 0.2) is 140 Å². The average molecular weight is 575 g/mol. The van der Waals surface area contributed by atoms with Crippen LogP contribution in [0.3, 0.4) is 0 Å². The zero-order valence-corrected chi connectivity index (χ0v) is 25.2. The number of aromatic nitrogens is 2. The number of hydrogen-bond acceptors (Lipinski definition) is 0. The van der Waals surface area contributed by atoms with E-state index in [4.69, 9.17) is 0 Å². The predicted octanol–water partition coefficient (Wildman–Crippen LogP) is 11.5. The number of hydrogen-bond donors (Lipinski definition) is 1. The lowest BCUT2D eigenvalue weighted by molar-refractivity contribution is 0.660. The van der Waals surface area contributed by atoms with Gasteiger partial charge < -0.3 is 9.55 Å². The van der Waals surface area contributed by atoms with E-state index in [1.165, 1.54) is 93.5 Å². The van der Waals surface area contributed by atoms with Gasteiger partial charge in [-0.2, -0.15) is 0 Å². The van der Waals surface area contributed by atoms with Crippen molar-refractivity contribution in [3.63, 3.8) is 0 Å². The maximum absolute atomic E-state index is 3.65. The maximum Gasteiger partial charge on any atom is 0.0541 e. The van der Waals surface area contributed by atoms with Gasteiger partial charge in [0, 0.05) is 43.7 Å². The Kier molecular flexibility index (Phi) is 4.82. The summed E-state index contributed by atoms with van der Waals surface area (Å²) in [6.07, 6.45) is 0. The van der Waals surface area contributed by atoms with Crippen molar-refractivity contribution in [2.45, 2.75) is 19.3 Å². The van der Waals surface area contributed by atoms with E-state index in [2.05, 4.69) is 163 Å². The van der Waals surface area contributed by atoms with Gasteiger partial charge in [0.15, 0.2) is 0 Å². The molecule has 2 heterocycles. The van der Waals surface area contributed by atoms with E-state index < -0.39 is 0 Å². The molecule has 45 heavy (non-hydrogen) atoms. The fraction of sp³-hybridized carbons (Fsp3) is 0.0698. The highest BCUT2D eigenvalue weighted by molar-refractivity contribution is 6.20. The molecule has 0 aliphatic heterocycles. The van der Waals surface area contributed by atoms with Crippen LogP contribution in [0.5, 0.6) is 0 Å². The summed E-state index contributed by atoms with van der Waals surface area (Å²) < 4.78 is 2.43. The van der Waals surface area contributed by atoms with E-state index in [9.17, 15) is 0 Å². The SMILES string of the molecule is CC1(C)c2cc(-c3ccc4[nH]c5ccc6ccccc6c5c4c3)ccc2-c2ccc(-n3c4ccccc4c4ccccc43)cc21. The molecule has 1 N–H and O–H groups in total. The standard InChI is InChI=1S/C43H30N2/c1-43(2)36-24-28(27-17-21-38-35(23-27)42-30-10-4-3-9-26(30)16-22-39(42)44-38)15-19-31(36)32-20-18-29(25-37(32)43)45-40-13-7-5-11-33(40)34-12-6-8-14-41(34)45/h3-25,44H,1-2H3. The van der Waals surface area contributed by atoms with E-state index in [0.717, 1.165) is 0 Å². The van der Waals surface area contributed by atoms with E-state index in [-0.39, 0.29) is 5.41 Å². The molecule has 0 fully saturated rings. The van der Waals surface area contributed by atoms with Crippen molar-refractivity contribution >= 4 is 54.4 Å². The van der Waals surface area contributed by atoms with Gasteiger partial charge in [0.25, 0.3) is 0 Å². The Hall–Kier alpha value is -5.60. The van der Waals surface area contributed by atoms with Crippen LogP contribution in [0.1, 0.15) is 25.0 Å². The molecule has 0 radical (unpaired) electrons. The third-order valence-corrected chi connectivity index (χ3v) is 10.3. The Bertz CT molecular complexity index is 2630. The molecular weight excluding hydrogens is 544 g/mol. The largest absolute Gasteiger partial charge is 0.354 e. The number of nitrogens with one attached hydrogen (secondary N) is 1. The van der Waals surface area contributed by atoms with Crippen LogP contribution in [0, 0.1) is 0 Å². The minimum atomic E-state index is -0.128. The molecule has 2 nitrogen and oxygen atoms in total. The number of rotatable bonds is 2. The molecule has 1 aliphatic carbocycles. The van der Waals surface area contributed by atoms with Gasteiger partial charge in [0.2, 0.25) is 0 Å². The van der Waals surface area contributed by atoms with Crippen molar-refractivity contribution in [3.05, 3.63) is 151 Å².